The second kappa shape index (κ2) is 7.89. The Kier molecular flexibility index (Phi) is 5.28. The fourth-order valence-corrected chi connectivity index (χ4v) is 4.13. The third-order valence-electron chi connectivity index (χ3n) is 5.22. The maximum Gasteiger partial charge on any atom is 0.238 e. The van der Waals surface area contributed by atoms with E-state index < -0.39 is 10.0 Å². The van der Waals surface area contributed by atoms with E-state index in [0.717, 1.165) is 22.4 Å². The number of aromatic amines is 1. The highest BCUT2D eigenvalue weighted by Gasteiger charge is 2.12. The normalized spacial score (nSPS) is 11.6. The Hall–Kier alpha value is -3.22. The van der Waals surface area contributed by atoms with Crippen molar-refractivity contribution in [2.45, 2.75) is 25.2 Å². The Balaban J connectivity index is 1.67. The van der Waals surface area contributed by atoms with E-state index in [0.29, 0.717) is 6.42 Å². The van der Waals surface area contributed by atoms with E-state index in [1.807, 2.05) is 6.20 Å². The second-order valence-corrected chi connectivity index (χ2v) is 9.10. The van der Waals surface area contributed by atoms with Gasteiger partial charge in [0.25, 0.3) is 0 Å². The Morgan fingerprint density at radius 1 is 0.933 bits per heavy atom. The summed E-state index contributed by atoms with van der Waals surface area (Å²) in [6.07, 6.45) is 2.44. The molecule has 0 spiro atoms. The van der Waals surface area contributed by atoms with Gasteiger partial charge in [-0.2, -0.15) is 5.10 Å². The smallest absolute Gasteiger partial charge is 0.238 e. The summed E-state index contributed by atoms with van der Waals surface area (Å²) >= 11 is 0. The van der Waals surface area contributed by atoms with Crippen molar-refractivity contribution in [1.82, 2.24) is 10.2 Å². The first-order valence-corrected chi connectivity index (χ1v) is 11.2. The summed E-state index contributed by atoms with van der Waals surface area (Å²) in [6, 6.07) is 21.5. The zero-order valence-electron chi connectivity index (χ0n) is 16.9. The molecule has 3 N–H and O–H groups in total. The van der Waals surface area contributed by atoms with Gasteiger partial charge in [0.2, 0.25) is 10.0 Å². The van der Waals surface area contributed by atoms with E-state index in [1.165, 1.54) is 34.4 Å². The van der Waals surface area contributed by atoms with Crippen LogP contribution < -0.4 is 5.14 Å². The van der Waals surface area contributed by atoms with Crippen LogP contribution in [0.1, 0.15) is 22.3 Å². The molecular formula is C24H23N3O2S. The van der Waals surface area contributed by atoms with Gasteiger partial charge in [-0.1, -0.05) is 54.1 Å². The molecule has 0 bridgehead atoms. The Morgan fingerprint density at radius 2 is 1.70 bits per heavy atom. The lowest BCUT2D eigenvalue weighted by atomic mass is 9.94. The topological polar surface area (TPSA) is 88.8 Å². The largest absolute Gasteiger partial charge is 0.278 e. The summed E-state index contributed by atoms with van der Waals surface area (Å²) in [5.74, 6) is 0. The van der Waals surface area contributed by atoms with Crippen molar-refractivity contribution in [3.05, 3.63) is 95.2 Å². The van der Waals surface area contributed by atoms with E-state index in [4.69, 9.17) is 5.14 Å². The number of sulfonamides is 1. The molecule has 4 aromatic rings. The number of nitrogens with zero attached hydrogens (tertiary/aromatic N) is 1. The van der Waals surface area contributed by atoms with Crippen LogP contribution in [-0.2, 0) is 16.4 Å². The van der Waals surface area contributed by atoms with Crippen molar-refractivity contribution in [3.63, 3.8) is 0 Å². The van der Waals surface area contributed by atoms with E-state index in [2.05, 4.69) is 66.5 Å². The van der Waals surface area contributed by atoms with Crippen LogP contribution in [0.15, 0.2) is 77.8 Å². The number of rotatable bonds is 5. The van der Waals surface area contributed by atoms with Crippen molar-refractivity contribution in [2.24, 2.45) is 5.14 Å². The van der Waals surface area contributed by atoms with Gasteiger partial charge in [-0.3, -0.25) is 5.10 Å². The maximum absolute atomic E-state index is 11.5. The predicted octanol–water partition coefficient (Wildman–Crippen LogP) is 4.60. The van der Waals surface area contributed by atoms with E-state index in [1.54, 1.807) is 12.1 Å². The lowest BCUT2D eigenvalue weighted by Crippen LogP contribution is -2.11. The van der Waals surface area contributed by atoms with Crippen LogP contribution in [0.25, 0.3) is 22.4 Å². The highest BCUT2D eigenvalue weighted by atomic mass is 32.2. The summed E-state index contributed by atoms with van der Waals surface area (Å²) in [5, 5.41) is 12.6. The van der Waals surface area contributed by atoms with Crippen LogP contribution in [0.3, 0.4) is 0 Å². The summed E-state index contributed by atoms with van der Waals surface area (Å²) in [6.45, 7) is 4.21. The van der Waals surface area contributed by atoms with Crippen molar-refractivity contribution >= 4 is 10.0 Å². The summed E-state index contributed by atoms with van der Waals surface area (Å²) in [5.41, 5.74) is 8.85. The number of H-pyrrole nitrogens is 1. The van der Waals surface area contributed by atoms with Gasteiger partial charge in [-0.25, -0.2) is 13.6 Å². The standard InChI is InChI=1S/C24H23N3O2S/c1-16-4-3-5-19(12-16)23-14-20(9-6-17(23)2)24-21(15-26-27-24)13-18-7-10-22(11-8-18)30(25,28)29/h3-12,14-15H,13H2,1-2H3,(H,26,27)(H2,25,28,29). The van der Waals surface area contributed by atoms with Gasteiger partial charge >= 0.3 is 0 Å². The number of primary sulfonamides is 1. The first kappa shape index (κ1) is 20.1. The highest BCUT2D eigenvalue weighted by molar-refractivity contribution is 7.89. The quantitative estimate of drug-likeness (QED) is 0.497. The number of nitrogens with two attached hydrogens (primary N) is 1. The average molecular weight is 418 g/mol. The summed E-state index contributed by atoms with van der Waals surface area (Å²) in [4.78, 5) is 0.111. The molecule has 0 amide bonds. The second-order valence-electron chi connectivity index (χ2n) is 7.54. The molecule has 0 saturated carbocycles. The van der Waals surface area contributed by atoms with Gasteiger partial charge in [0.1, 0.15) is 0 Å². The van der Waals surface area contributed by atoms with Gasteiger partial charge in [-0.15, -0.1) is 0 Å². The zero-order valence-corrected chi connectivity index (χ0v) is 17.7. The molecule has 1 aromatic heterocycles. The van der Waals surface area contributed by atoms with Crippen LogP contribution in [0.5, 0.6) is 0 Å². The highest BCUT2D eigenvalue weighted by Crippen LogP contribution is 2.31. The maximum atomic E-state index is 11.5. The third-order valence-corrected chi connectivity index (χ3v) is 6.15. The van der Waals surface area contributed by atoms with Crippen LogP contribution in [-0.4, -0.2) is 18.6 Å². The van der Waals surface area contributed by atoms with Crippen LogP contribution in [0.4, 0.5) is 0 Å². The number of hydrogen-bond acceptors (Lipinski definition) is 3. The lowest BCUT2D eigenvalue weighted by molar-refractivity contribution is 0.598. The van der Waals surface area contributed by atoms with E-state index in [9.17, 15) is 8.42 Å². The molecule has 0 aliphatic rings. The number of hydrogen-bond donors (Lipinski definition) is 2. The van der Waals surface area contributed by atoms with Crippen molar-refractivity contribution < 1.29 is 8.42 Å². The van der Waals surface area contributed by atoms with Gasteiger partial charge in [-0.05, 0) is 54.3 Å². The van der Waals surface area contributed by atoms with Crippen LogP contribution in [0.2, 0.25) is 0 Å². The van der Waals surface area contributed by atoms with Crippen LogP contribution in [0, 0.1) is 13.8 Å². The number of benzene rings is 3. The molecular weight excluding hydrogens is 394 g/mol. The van der Waals surface area contributed by atoms with Crippen molar-refractivity contribution in [2.75, 3.05) is 0 Å². The minimum Gasteiger partial charge on any atom is -0.278 e. The molecule has 152 valence electrons. The first-order chi connectivity index (χ1) is 14.3. The van der Waals surface area contributed by atoms with Crippen LogP contribution >= 0.6 is 0 Å². The zero-order chi connectivity index (χ0) is 21.3. The lowest BCUT2D eigenvalue weighted by Gasteiger charge is -2.11. The molecule has 0 fully saturated rings. The molecule has 0 unspecified atom stereocenters. The van der Waals surface area contributed by atoms with Gasteiger partial charge in [0, 0.05) is 17.5 Å². The van der Waals surface area contributed by atoms with Gasteiger partial charge in [0.15, 0.2) is 0 Å². The predicted molar refractivity (Wildman–Crippen MR) is 120 cm³/mol. The fraction of sp³-hybridized carbons (Fsp3) is 0.125. The average Bonchev–Trinajstić information content (AvgIpc) is 3.16. The Morgan fingerprint density at radius 3 is 2.40 bits per heavy atom. The van der Waals surface area contributed by atoms with Gasteiger partial charge < -0.3 is 0 Å². The molecule has 0 radical (unpaired) electrons. The minimum absolute atomic E-state index is 0.111. The van der Waals surface area contributed by atoms with Crippen molar-refractivity contribution in [1.29, 1.82) is 0 Å². The Bertz CT molecular complexity index is 1310. The number of nitrogens with one attached hydrogen (secondary N) is 1. The monoisotopic (exact) mass is 417 g/mol. The number of aryl methyl sites for hydroxylation is 2. The molecule has 0 aliphatic carbocycles. The molecule has 6 heteroatoms. The molecule has 1 heterocycles. The summed E-state index contributed by atoms with van der Waals surface area (Å²) < 4.78 is 22.9. The first-order valence-electron chi connectivity index (χ1n) is 9.63. The molecule has 5 nitrogen and oxygen atoms in total. The summed E-state index contributed by atoms with van der Waals surface area (Å²) in [7, 11) is -3.69. The molecule has 0 saturated heterocycles. The molecule has 0 atom stereocenters. The molecule has 3 aromatic carbocycles. The number of aromatic nitrogens is 2. The van der Waals surface area contributed by atoms with Crippen molar-refractivity contribution in [3.8, 4) is 22.4 Å². The third kappa shape index (κ3) is 4.20. The minimum atomic E-state index is -3.69. The molecule has 30 heavy (non-hydrogen) atoms. The SMILES string of the molecule is Cc1cccc(-c2cc(-c3[nH]ncc3Cc3ccc(S(N)(=O)=O)cc3)ccc2C)c1. The fourth-order valence-electron chi connectivity index (χ4n) is 3.61. The van der Waals surface area contributed by atoms with E-state index in [-0.39, 0.29) is 4.90 Å². The Labute approximate surface area is 176 Å². The molecule has 0 aliphatic heterocycles. The van der Waals surface area contributed by atoms with E-state index >= 15 is 0 Å². The molecule has 4 rings (SSSR count). The van der Waals surface area contributed by atoms with Gasteiger partial charge in [0.05, 0.1) is 16.8 Å².